The van der Waals surface area contributed by atoms with Gasteiger partial charge in [-0.25, -0.2) is 0 Å². The van der Waals surface area contributed by atoms with Gasteiger partial charge in [0.15, 0.2) is 0 Å². The maximum absolute atomic E-state index is 3.73. The smallest absolute Gasteiger partial charge is 0.00884 e. The molecule has 21 heavy (non-hydrogen) atoms. The van der Waals surface area contributed by atoms with Crippen LogP contribution >= 0.6 is 0 Å². The topological polar surface area (TPSA) is 12.0 Å². The van der Waals surface area contributed by atoms with Crippen molar-refractivity contribution in [3.05, 3.63) is 35.4 Å². The van der Waals surface area contributed by atoms with E-state index in [0.29, 0.717) is 10.8 Å². The standard InChI is InChI=1S/C20H33N/c1-6-19(7-2)13-20(14-19,15-21-12-16(3)4)18-10-8-9-17(5)11-18/h8-11,16,21H,6-7,12-15H2,1-5H3. The van der Waals surface area contributed by atoms with Crippen molar-refractivity contribution in [1.82, 2.24) is 5.32 Å². The summed E-state index contributed by atoms with van der Waals surface area (Å²) in [5, 5.41) is 3.73. The minimum absolute atomic E-state index is 0.368. The van der Waals surface area contributed by atoms with Gasteiger partial charge in [-0.15, -0.1) is 0 Å². The molecule has 0 aromatic heterocycles. The van der Waals surface area contributed by atoms with Gasteiger partial charge in [0.1, 0.15) is 0 Å². The van der Waals surface area contributed by atoms with Gasteiger partial charge >= 0.3 is 0 Å². The maximum atomic E-state index is 3.73. The fourth-order valence-electron chi connectivity index (χ4n) is 4.14. The second kappa shape index (κ2) is 6.52. The molecule has 1 N–H and O–H groups in total. The molecule has 1 nitrogen and oxygen atoms in total. The van der Waals surface area contributed by atoms with Crippen LogP contribution in [0.15, 0.2) is 24.3 Å². The third-order valence-corrected chi connectivity index (χ3v) is 5.57. The van der Waals surface area contributed by atoms with Gasteiger partial charge in [0.2, 0.25) is 0 Å². The van der Waals surface area contributed by atoms with Gasteiger partial charge in [-0.05, 0) is 43.2 Å². The Morgan fingerprint density at radius 1 is 1.14 bits per heavy atom. The molecule has 0 bridgehead atoms. The largest absolute Gasteiger partial charge is 0.316 e. The highest BCUT2D eigenvalue weighted by Gasteiger charge is 2.52. The molecule has 0 unspecified atom stereocenters. The van der Waals surface area contributed by atoms with Crippen LogP contribution in [-0.2, 0) is 5.41 Å². The minimum atomic E-state index is 0.368. The lowest BCUT2D eigenvalue weighted by Crippen LogP contribution is -2.54. The molecule has 0 amide bonds. The van der Waals surface area contributed by atoms with Crippen LogP contribution in [0.3, 0.4) is 0 Å². The van der Waals surface area contributed by atoms with Gasteiger partial charge in [0.25, 0.3) is 0 Å². The summed E-state index contributed by atoms with van der Waals surface area (Å²) in [4.78, 5) is 0. The Morgan fingerprint density at radius 3 is 2.33 bits per heavy atom. The normalized spacial score (nSPS) is 19.5. The van der Waals surface area contributed by atoms with Crippen LogP contribution in [0.1, 0.15) is 64.5 Å². The lowest BCUT2D eigenvalue weighted by molar-refractivity contribution is 0.0126. The van der Waals surface area contributed by atoms with Gasteiger partial charge in [-0.1, -0.05) is 70.4 Å². The summed E-state index contributed by atoms with van der Waals surface area (Å²) in [5.41, 5.74) is 3.90. The summed E-state index contributed by atoms with van der Waals surface area (Å²) < 4.78 is 0. The highest BCUT2D eigenvalue weighted by molar-refractivity contribution is 5.34. The maximum Gasteiger partial charge on any atom is 0.00884 e. The van der Waals surface area contributed by atoms with Crippen molar-refractivity contribution in [2.24, 2.45) is 11.3 Å². The van der Waals surface area contributed by atoms with E-state index < -0.39 is 0 Å². The molecule has 0 aliphatic heterocycles. The molecule has 118 valence electrons. The van der Waals surface area contributed by atoms with Gasteiger partial charge in [0, 0.05) is 12.0 Å². The molecule has 1 saturated carbocycles. The van der Waals surface area contributed by atoms with Gasteiger partial charge in [-0.3, -0.25) is 0 Å². The van der Waals surface area contributed by atoms with E-state index >= 15 is 0 Å². The summed E-state index contributed by atoms with van der Waals surface area (Å²) >= 11 is 0. The van der Waals surface area contributed by atoms with E-state index in [1.54, 1.807) is 5.56 Å². The van der Waals surface area contributed by atoms with Crippen LogP contribution in [0, 0.1) is 18.3 Å². The van der Waals surface area contributed by atoms with Crippen molar-refractivity contribution in [3.63, 3.8) is 0 Å². The molecule has 0 radical (unpaired) electrons. The first-order valence-corrected chi connectivity index (χ1v) is 8.73. The highest BCUT2D eigenvalue weighted by atomic mass is 14.9. The predicted molar refractivity (Wildman–Crippen MR) is 92.8 cm³/mol. The first-order chi connectivity index (χ1) is 9.95. The SMILES string of the molecule is CCC1(CC)CC(CNCC(C)C)(c2cccc(C)c2)C1. The van der Waals surface area contributed by atoms with Crippen LogP contribution in [0.5, 0.6) is 0 Å². The third-order valence-electron chi connectivity index (χ3n) is 5.57. The van der Waals surface area contributed by atoms with Crippen LogP contribution in [0.25, 0.3) is 0 Å². The monoisotopic (exact) mass is 287 g/mol. The lowest BCUT2D eigenvalue weighted by atomic mass is 9.48. The molecule has 1 aliphatic rings. The predicted octanol–water partition coefficient (Wildman–Crippen LogP) is 5.08. The van der Waals surface area contributed by atoms with Crippen LogP contribution in [0.4, 0.5) is 0 Å². The van der Waals surface area contributed by atoms with E-state index in [1.807, 2.05) is 0 Å². The van der Waals surface area contributed by atoms with Crippen molar-refractivity contribution < 1.29 is 0 Å². The number of benzene rings is 1. The number of nitrogens with one attached hydrogen (secondary N) is 1. The van der Waals surface area contributed by atoms with Crippen molar-refractivity contribution >= 4 is 0 Å². The first-order valence-electron chi connectivity index (χ1n) is 8.73. The molecule has 1 heteroatoms. The quantitative estimate of drug-likeness (QED) is 0.737. The van der Waals surface area contributed by atoms with Crippen LogP contribution in [-0.4, -0.2) is 13.1 Å². The molecule has 1 aliphatic carbocycles. The van der Waals surface area contributed by atoms with Crippen molar-refractivity contribution in [2.45, 2.75) is 65.7 Å². The molecule has 0 spiro atoms. The minimum Gasteiger partial charge on any atom is -0.316 e. The number of hydrogen-bond donors (Lipinski definition) is 1. The van der Waals surface area contributed by atoms with Gasteiger partial charge in [-0.2, -0.15) is 0 Å². The highest BCUT2D eigenvalue weighted by Crippen LogP contribution is 2.59. The second-order valence-corrected chi connectivity index (χ2v) is 7.74. The van der Waals surface area contributed by atoms with Crippen LogP contribution < -0.4 is 5.32 Å². The first kappa shape index (κ1) is 16.5. The molecular weight excluding hydrogens is 254 g/mol. The second-order valence-electron chi connectivity index (χ2n) is 7.74. The summed E-state index contributed by atoms with van der Waals surface area (Å²) in [6.45, 7) is 13.8. The van der Waals surface area contributed by atoms with Crippen molar-refractivity contribution in [1.29, 1.82) is 0 Å². The van der Waals surface area contributed by atoms with E-state index in [4.69, 9.17) is 0 Å². The Balaban J connectivity index is 2.16. The number of aryl methyl sites for hydroxylation is 1. The zero-order valence-corrected chi connectivity index (χ0v) is 14.6. The molecule has 0 atom stereocenters. The molecule has 1 aromatic carbocycles. The Labute approximate surface area is 131 Å². The van der Waals surface area contributed by atoms with Crippen molar-refractivity contribution in [2.75, 3.05) is 13.1 Å². The zero-order chi connectivity index (χ0) is 15.5. The van der Waals surface area contributed by atoms with E-state index in [9.17, 15) is 0 Å². The van der Waals surface area contributed by atoms with E-state index in [2.05, 4.69) is 64.2 Å². The summed E-state index contributed by atoms with van der Waals surface area (Å²) in [5.74, 6) is 0.724. The summed E-state index contributed by atoms with van der Waals surface area (Å²) in [6, 6.07) is 9.20. The average molecular weight is 287 g/mol. The van der Waals surface area contributed by atoms with E-state index in [0.717, 1.165) is 19.0 Å². The third kappa shape index (κ3) is 3.51. The Bertz CT molecular complexity index is 449. The summed E-state index contributed by atoms with van der Waals surface area (Å²) in [7, 11) is 0. The molecule has 0 heterocycles. The number of hydrogen-bond acceptors (Lipinski definition) is 1. The Hall–Kier alpha value is -0.820. The molecule has 0 saturated heterocycles. The van der Waals surface area contributed by atoms with Crippen molar-refractivity contribution in [3.8, 4) is 0 Å². The van der Waals surface area contributed by atoms with Gasteiger partial charge < -0.3 is 5.32 Å². The van der Waals surface area contributed by atoms with E-state index in [1.165, 1.54) is 31.2 Å². The van der Waals surface area contributed by atoms with Crippen LogP contribution in [0.2, 0.25) is 0 Å². The van der Waals surface area contributed by atoms with E-state index in [-0.39, 0.29) is 0 Å². The molecule has 1 fully saturated rings. The molecular formula is C20H33N. The fourth-order valence-corrected chi connectivity index (χ4v) is 4.14. The lowest BCUT2D eigenvalue weighted by Gasteiger charge is -2.57. The summed E-state index contributed by atoms with van der Waals surface area (Å²) in [6.07, 6.45) is 5.34. The average Bonchev–Trinajstić information content (AvgIpc) is 2.41. The van der Waals surface area contributed by atoms with Gasteiger partial charge in [0.05, 0.1) is 0 Å². The number of rotatable bonds is 7. The molecule has 2 rings (SSSR count). The fraction of sp³-hybridized carbons (Fsp3) is 0.700. The zero-order valence-electron chi connectivity index (χ0n) is 14.6. The Morgan fingerprint density at radius 2 is 1.81 bits per heavy atom. The molecule has 1 aromatic rings. The Kier molecular flexibility index (Phi) is 5.14.